The zero-order chi connectivity index (χ0) is 28.1. The number of esters is 1. The molecule has 0 aromatic heterocycles. The van der Waals surface area contributed by atoms with Gasteiger partial charge in [-0.05, 0) is 86.5 Å². The van der Waals surface area contributed by atoms with Crippen molar-refractivity contribution in [2.24, 2.45) is 22.7 Å². The van der Waals surface area contributed by atoms with Crippen molar-refractivity contribution in [2.75, 3.05) is 18.5 Å². The summed E-state index contributed by atoms with van der Waals surface area (Å²) in [7, 11) is 0. The highest BCUT2D eigenvalue weighted by Gasteiger charge is 2.60. The molecule has 0 spiro atoms. The Labute approximate surface area is 239 Å². The van der Waals surface area contributed by atoms with Crippen molar-refractivity contribution in [3.63, 3.8) is 0 Å². The Kier molecular flexibility index (Phi) is 7.16. The van der Waals surface area contributed by atoms with Crippen LogP contribution in [0.3, 0.4) is 0 Å². The number of hydrogen-bond acceptors (Lipinski definition) is 5. The highest BCUT2D eigenvalue weighted by atomic mass is 16.7. The summed E-state index contributed by atoms with van der Waals surface area (Å²) in [4.78, 5) is 12.8. The Hall–Kier alpha value is -2.89. The van der Waals surface area contributed by atoms with Gasteiger partial charge < -0.3 is 19.5 Å². The molecule has 2 aromatic carbocycles. The Morgan fingerprint density at radius 1 is 1.05 bits per heavy atom. The van der Waals surface area contributed by atoms with Crippen LogP contribution in [0, 0.1) is 36.5 Å². The number of ether oxygens (including phenoxy) is 3. The summed E-state index contributed by atoms with van der Waals surface area (Å²) in [5.74, 6) is 0.507. The van der Waals surface area contributed by atoms with Crippen molar-refractivity contribution in [1.29, 1.82) is 0 Å². The average molecular weight is 542 g/mol. The predicted molar refractivity (Wildman–Crippen MR) is 158 cm³/mol. The lowest BCUT2D eigenvalue weighted by molar-refractivity contribution is -0.307. The van der Waals surface area contributed by atoms with Crippen molar-refractivity contribution >= 4 is 11.7 Å². The molecule has 4 unspecified atom stereocenters. The summed E-state index contributed by atoms with van der Waals surface area (Å²) >= 11 is 0. The molecule has 40 heavy (non-hydrogen) atoms. The van der Waals surface area contributed by atoms with Gasteiger partial charge in [0, 0.05) is 16.7 Å². The van der Waals surface area contributed by atoms with Crippen LogP contribution in [-0.4, -0.2) is 31.3 Å². The van der Waals surface area contributed by atoms with Gasteiger partial charge in [-0.1, -0.05) is 68.5 Å². The topological polar surface area (TPSA) is 56.8 Å². The SMILES string of the molecule is C=C1CCC2[C@]3(C)COC(c4ccccc4)OC3CC[C@]2(C)[C@H]1CC(Nc1cccc(C)c1C)C1=CCOC1=O. The molecule has 0 bridgehead atoms. The van der Waals surface area contributed by atoms with E-state index < -0.39 is 0 Å². The summed E-state index contributed by atoms with van der Waals surface area (Å²) in [6, 6.07) is 16.5. The maximum absolute atomic E-state index is 12.8. The number of aryl methyl sites for hydroxylation is 1. The van der Waals surface area contributed by atoms with E-state index in [0.29, 0.717) is 19.1 Å². The van der Waals surface area contributed by atoms with Crippen LogP contribution in [-0.2, 0) is 19.0 Å². The second-order valence-electron chi connectivity index (χ2n) is 13.0. The number of carbonyl (C=O) groups is 1. The maximum atomic E-state index is 12.8. The molecule has 5 nitrogen and oxygen atoms in total. The van der Waals surface area contributed by atoms with Crippen LogP contribution in [0.1, 0.15) is 68.9 Å². The minimum absolute atomic E-state index is 0.0392. The molecule has 0 amide bonds. The van der Waals surface area contributed by atoms with Gasteiger partial charge in [-0.25, -0.2) is 4.79 Å². The van der Waals surface area contributed by atoms with Crippen LogP contribution in [0.5, 0.6) is 0 Å². The molecule has 7 atom stereocenters. The minimum Gasteiger partial charge on any atom is -0.458 e. The lowest BCUT2D eigenvalue weighted by Gasteiger charge is -2.63. The summed E-state index contributed by atoms with van der Waals surface area (Å²) in [6.07, 6.45) is 6.80. The molecule has 6 rings (SSSR count). The van der Waals surface area contributed by atoms with Crippen molar-refractivity contribution in [2.45, 2.75) is 78.2 Å². The second-order valence-corrected chi connectivity index (χ2v) is 13.0. The normalized spacial score (nSPS) is 34.4. The number of anilines is 1. The maximum Gasteiger partial charge on any atom is 0.336 e. The van der Waals surface area contributed by atoms with E-state index in [-0.39, 0.29) is 41.2 Å². The zero-order valence-corrected chi connectivity index (χ0v) is 24.4. The number of cyclic esters (lactones) is 1. The van der Waals surface area contributed by atoms with Crippen LogP contribution in [0.25, 0.3) is 0 Å². The third-order valence-corrected chi connectivity index (χ3v) is 10.8. The average Bonchev–Trinajstić information content (AvgIpc) is 3.38. The molecule has 212 valence electrons. The molecule has 0 radical (unpaired) electrons. The molecule has 2 aromatic rings. The second kappa shape index (κ2) is 10.5. The van der Waals surface area contributed by atoms with Crippen molar-refractivity contribution in [3.8, 4) is 0 Å². The molecule has 1 N–H and O–H groups in total. The van der Waals surface area contributed by atoms with E-state index in [1.807, 2.05) is 24.3 Å². The van der Waals surface area contributed by atoms with Gasteiger partial charge in [0.1, 0.15) is 6.61 Å². The number of rotatable bonds is 6. The van der Waals surface area contributed by atoms with Crippen molar-refractivity contribution < 1.29 is 19.0 Å². The Morgan fingerprint density at radius 3 is 2.60 bits per heavy atom. The first-order chi connectivity index (χ1) is 19.2. The first-order valence-corrected chi connectivity index (χ1v) is 14.9. The molecule has 5 heteroatoms. The van der Waals surface area contributed by atoms with Gasteiger partial charge in [0.2, 0.25) is 0 Å². The first kappa shape index (κ1) is 27.3. The van der Waals surface area contributed by atoms with E-state index in [1.165, 1.54) is 16.7 Å². The van der Waals surface area contributed by atoms with Gasteiger partial charge in [-0.15, -0.1) is 0 Å². The fourth-order valence-corrected chi connectivity index (χ4v) is 8.30. The number of benzene rings is 2. The van der Waals surface area contributed by atoms with Gasteiger partial charge in [-0.2, -0.15) is 0 Å². The van der Waals surface area contributed by atoms with E-state index in [1.54, 1.807) is 0 Å². The van der Waals surface area contributed by atoms with Crippen LogP contribution >= 0.6 is 0 Å². The van der Waals surface area contributed by atoms with E-state index in [0.717, 1.165) is 48.9 Å². The standard InChI is InChI=1S/C35H43NO4/c1-22-10-9-13-28(24(22)3)36-29(26-17-19-38-32(26)37)20-27-23(2)14-15-30-34(27,4)18-16-31-35(30,5)21-39-33(40-31)25-11-7-6-8-12-25/h6-13,17,27,29-31,33,36H,2,14-16,18-21H2,1,3-5H3/t27-,29?,30?,31?,33?,34+,35-/m0/s1. The third kappa shape index (κ3) is 4.61. The monoisotopic (exact) mass is 541 g/mol. The van der Waals surface area contributed by atoms with Gasteiger partial charge in [0.15, 0.2) is 6.29 Å². The molecule has 4 aliphatic rings. The Bertz CT molecular complexity index is 1320. The Balaban J connectivity index is 1.28. The lowest BCUT2D eigenvalue weighted by atomic mass is 9.45. The van der Waals surface area contributed by atoms with E-state index in [4.69, 9.17) is 14.2 Å². The first-order valence-electron chi connectivity index (χ1n) is 14.9. The van der Waals surface area contributed by atoms with E-state index >= 15 is 0 Å². The number of nitrogens with one attached hydrogen (secondary N) is 1. The molecule has 2 aliphatic heterocycles. The quantitative estimate of drug-likeness (QED) is 0.304. The molecule has 2 aliphatic carbocycles. The highest BCUT2D eigenvalue weighted by Crippen LogP contribution is 2.64. The van der Waals surface area contributed by atoms with Crippen LogP contribution < -0.4 is 5.32 Å². The fraction of sp³-hybridized carbons (Fsp3) is 0.514. The zero-order valence-electron chi connectivity index (χ0n) is 24.4. The summed E-state index contributed by atoms with van der Waals surface area (Å²) < 4.78 is 18.5. The number of fused-ring (bicyclic) bond motifs is 3. The van der Waals surface area contributed by atoms with Crippen molar-refractivity contribution in [1.82, 2.24) is 0 Å². The molecule has 2 heterocycles. The molecular weight excluding hydrogens is 498 g/mol. The minimum atomic E-state index is -0.301. The number of allylic oxidation sites excluding steroid dienone is 1. The third-order valence-electron chi connectivity index (χ3n) is 10.8. The summed E-state index contributed by atoms with van der Waals surface area (Å²) in [5, 5.41) is 3.77. The van der Waals surface area contributed by atoms with Gasteiger partial charge in [-0.3, -0.25) is 0 Å². The van der Waals surface area contributed by atoms with Crippen LogP contribution in [0.2, 0.25) is 0 Å². The van der Waals surface area contributed by atoms with Gasteiger partial charge in [0.05, 0.1) is 24.3 Å². The van der Waals surface area contributed by atoms with E-state index in [9.17, 15) is 4.79 Å². The molecule has 3 fully saturated rings. The fourth-order valence-electron chi connectivity index (χ4n) is 8.30. The van der Waals surface area contributed by atoms with Gasteiger partial charge in [0.25, 0.3) is 0 Å². The van der Waals surface area contributed by atoms with Crippen LogP contribution in [0.15, 0.2) is 72.3 Å². The Morgan fingerprint density at radius 2 is 1.85 bits per heavy atom. The number of hydrogen-bond donors (Lipinski definition) is 1. The summed E-state index contributed by atoms with van der Waals surface area (Å²) in [6.45, 7) is 14.8. The molecule has 1 saturated heterocycles. The van der Waals surface area contributed by atoms with E-state index in [2.05, 4.69) is 69.9 Å². The smallest absolute Gasteiger partial charge is 0.336 e. The highest BCUT2D eigenvalue weighted by molar-refractivity contribution is 5.92. The lowest BCUT2D eigenvalue weighted by Crippen LogP contribution is -2.60. The molecule has 2 saturated carbocycles. The number of carbonyl (C=O) groups excluding carboxylic acids is 1. The van der Waals surface area contributed by atoms with Crippen molar-refractivity contribution in [3.05, 3.63) is 89.0 Å². The summed E-state index contributed by atoms with van der Waals surface area (Å²) in [5.41, 5.74) is 6.63. The predicted octanol–water partition coefficient (Wildman–Crippen LogP) is 7.46. The largest absolute Gasteiger partial charge is 0.458 e. The van der Waals surface area contributed by atoms with Crippen LogP contribution in [0.4, 0.5) is 5.69 Å². The van der Waals surface area contributed by atoms with Gasteiger partial charge >= 0.3 is 5.97 Å². The molecular formula is C35H43NO4.